The van der Waals surface area contributed by atoms with Crippen molar-refractivity contribution in [3.8, 4) is 0 Å². The van der Waals surface area contributed by atoms with E-state index in [1.165, 1.54) is 12.8 Å². The third kappa shape index (κ3) is 1.99. The molecule has 0 aromatic heterocycles. The topological polar surface area (TPSA) is 46.2 Å². The van der Waals surface area contributed by atoms with Gasteiger partial charge >= 0.3 is 0 Å². The number of hydrogen-bond acceptors (Lipinski definition) is 2. The van der Waals surface area contributed by atoms with Gasteiger partial charge in [0.05, 0.1) is 6.61 Å². The summed E-state index contributed by atoms with van der Waals surface area (Å²) in [5.41, 5.74) is 5.43. The molecular formula is C5H12ClNO. The Balaban J connectivity index is 0.000000490. The number of aliphatic hydroxyl groups is 1. The largest absolute Gasteiger partial charge is 0.395 e. The van der Waals surface area contributed by atoms with Crippen molar-refractivity contribution in [3.63, 3.8) is 0 Å². The van der Waals surface area contributed by atoms with Crippen LogP contribution in [0.5, 0.6) is 0 Å². The number of aliphatic hydroxyl groups excluding tert-OH is 1. The summed E-state index contributed by atoms with van der Waals surface area (Å²) >= 11 is 0. The fourth-order valence-electron chi connectivity index (χ4n) is 0.673. The number of nitrogens with two attached hydrogens (primary N) is 1. The van der Waals surface area contributed by atoms with Crippen LogP contribution in [0, 0.1) is 5.92 Å². The van der Waals surface area contributed by atoms with E-state index in [2.05, 4.69) is 0 Å². The molecule has 1 aliphatic carbocycles. The van der Waals surface area contributed by atoms with Crippen LogP contribution in [0.3, 0.4) is 0 Å². The average Bonchev–Trinajstić information content (AvgIpc) is 2.44. The molecule has 1 rings (SSSR count). The molecule has 0 radical (unpaired) electrons. The van der Waals surface area contributed by atoms with Crippen LogP contribution >= 0.6 is 12.4 Å². The molecule has 3 N–H and O–H groups in total. The van der Waals surface area contributed by atoms with Gasteiger partial charge in [-0.3, -0.25) is 0 Å². The van der Waals surface area contributed by atoms with Crippen LogP contribution in [0.15, 0.2) is 0 Å². The van der Waals surface area contributed by atoms with Gasteiger partial charge in [-0.15, -0.1) is 12.4 Å². The molecule has 50 valence electrons. The van der Waals surface area contributed by atoms with E-state index in [-0.39, 0.29) is 25.1 Å². The quantitative estimate of drug-likeness (QED) is 0.569. The van der Waals surface area contributed by atoms with Gasteiger partial charge in [0.25, 0.3) is 0 Å². The van der Waals surface area contributed by atoms with Crippen molar-refractivity contribution < 1.29 is 5.11 Å². The van der Waals surface area contributed by atoms with E-state index in [0.29, 0.717) is 5.92 Å². The van der Waals surface area contributed by atoms with Crippen molar-refractivity contribution >= 4 is 12.4 Å². The maximum absolute atomic E-state index is 8.42. The molecule has 0 heterocycles. The fourth-order valence-corrected chi connectivity index (χ4v) is 0.673. The average molecular weight is 138 g/mol. The Bertz CT molecular complexity index is 65.4. The van der Waals surface area contributed by atoms with Crippen molar-refractivity contribution in [1.29, 1.82) is 0 Å². The van der Waals surface area contributed by atoms with Gasteiger partial charge in [-0.1, -0.05) is 0 Å². The highest BCUT2D eigenvalue weighted by atomic mass is 35.5. The molecule has 0 unspecified atom stereocenters. The van der Waals surface area contributed by atoms with E-state index < -0.39 is 0 Å². The minimum Gasteiger partial charge on any atom is -0.395 e. The summed E-state index contributed by atoms with van der Waals surface area (Å²) in [5.74, 6) is 0.644. The van der Waals surface area contributed by atoms with Crippen molar-refractivity contribution in [2.75, 3.05) is 6.61 Å². The Morgan fingerprint density at radius 1 is 1.62 bits per heavy atom. The second-order valence-corrected chi connectivity index (χ2v) is 2.18. The molecular weight excluding hydrogens is 126 g/mol. The number of rotatable bonds is 2. The molecule has 0 aliphatic heterocycles. The van der Waals surface area contributed by atoms with Gasteiger partial charge < -0.3 is 10.8 Å². The zero-order chi connectivity index (χ0) is 5.28. The highest BCUT2D eigenvalue weighted by Crippen LogP contribution is 2.30. The van der Waals surface area contributed by atoms with E-state index in [0.717, 1.165) is 0 Å². The maximum Gasteiger partial charge on any atom is 0.0585 e. The number of halogens is 1. The zero-order valence-electron chi connectivity index (χ0n) is 4.71. The summed E-state index contributed by atoms with van der Waals surface area (Å²) in [6.07, 6.45) is 2.45. The molecule has 8 heavy (non-hydrogen) atoms. The van der Waals surface area contributed by atoms with E-state index in [4.69, 9.17) is 10.8 Å². The predicted molar refractivity (Wildman–Crippen MR) is 35.0 cm³/mol. The van der Waals surface area contributed by atoms with Crippen molar-refractivity contribution in [2.45, 2.75) is 18.9 Å². The number of hydrogen-bond donors (Lipinski definition) is 2. The highest BCUT2D eigenvalue weighted by Gasteiger charge is 2.27. The van der Waals surface area contributed by atoms with E-state index >= 15 is 0 Å². The first kappa shape index (κ1) is 8.21. The highest BCUT2D eigenvalue weighted by molar-refractivity contribution is 5.85. The molecule has 0 aromatic rings. The first-order chi connectivity index (χ1) is 3.34. The predicted octanol–water partition coefficient (Wildman–Crippen LogP) is 0.138. The normalized spacial score (nSPS) is 21.8. The smallest absolute Gasteiger partial charge is 0.0585 e. The molecule has 1 saturated carbocycles. The minimum atomic E-state index is 0. The van der Waals surface area contributed by atoms with Gasteiger partial charge in [0.1, 0.15) is 0 Å². The van der Waals surface area contributed by atoms with Crippen LogP contribution in [0.25, 0.3) is 0 Å². The Morgan fingerprint density at radius 3 is 2.25 bits per heavy atom. The zero-order valence-corrected chi connectivity index (χ0v) is 5.53. The van der Waals surface area contributed by atoms with Crippen LogP contribution < -0.4 is 5.73 Å². The molecule has 1 aliphatic rings. The lowest BCUT2D eigenvalue weighted by molar-refractivity contribution is 0.254. The Hall–Kier alpha value is 0.210. The van der Waals surface area contributed by atoms with Crippen molar-refractivity contribution in [3.05, 3.63) is 0 Å². The van der Waals surface area contributed by atoms with Gasteiger partial charge in [0.2, 0.25) is 0 Å². The molecule has 0 bridgehead atoms. The molecule has 3 heteroatoms. The molecule has 1 atom stereocenters. The van der Waals surface area contributed by atoms with Crippen molar-refractivity contribution in [1.82, 2.24) is 0 Å². The summed E-state index contributed by atoms with van der Waals surface area (Å²) in [7, 11) is 0. The van der Waals surface area contributed by atoms with Gasteiger partial charge in [0.15, 0.2) is 0 Å². The lowest BCUT2D eigenvalue weighted by Crippen LogP contribution is -2.26. The van der Waals surface area contributed by atoms with Crippen LogP contribution in [-0.4, -0.2) is 17.8 Å². The van der Waals surface area contributed by atoms with Crippen LogP contribution in [-0.2, 0) is 0 Å². The summed E-state index contributed by atoms with van der Waals surface area (Å²) < 4.78 is 0. The first-order valence-corrected chi connectivity index (χ1v) is 2.71. The summed E-state index contributed by atoms with van der Waals surface area (Å²) in [5, 5.41) is 8.42. The van der Waals surface area contributed by atoms with Crippen molar-refractivity contribution in [2.24, 2.45) is 11.7 Å². The lowest BCUT2D eigenvalue weighted by atomic mass is 10.2. The first-order valence-electron chi connectivity index (χ1n) is 2.71. The molecule has 0 saturated heterocycles. The SMILES string of the molecule is Cl.N[C@H](CO)C1CC1. The van der Waals surface area contributed by atoms with E-state index in [9.17, 15) is 0 Å². The monoisotopic (exact) mass is 137 g/mol. The second-order valence-electron chi connectivity index (χ2n) is 2.18. The molecule has 2 nitrogen and oxygen atoms in total. The van der Waals surface area contributed by atoms with Gasteiger partial charge in [0, 0.05) is 6.04 Å². The van der Waals surface area contributed by atoms with Gasteiger partial charge in [-0.2, -0.15) is 0 Å². The molecule has 0 aromatic carbocycles. The van der Waals surface area contributed by atoms with Gasteiger partial charge in [-0.25, -0.2) is 0 Å². The Morgan fingerprint density at radius 2 is 2.12 bits per heavy atom. The van der Waals surface area contributed by atoms with E-state index in [1.54, 1.807) is 0 Å². The Kier molecular flexibility index (Phi) is 3.36. The third-order valence-electron chi connectivity index (χ3n) is 1.44. The van der Waals surface area contributed by atoms with Crippen LogP contribution in [0.1, 0.15) is 12.8 Å². The summed E-state index contributed by atoms with van der Waals surface area (Å²) in [6, 6.07) is 0.0694. The molecule has 0 spiro atoms. The Labute approximate surface area is 55.5 Å². The fraction of sp³-hybridized carbons (Fsp3) is 1.00. The summed E-state index contributed by atoms with van der Waals surface area (Å²) in [6.45, 7) is 0.157. The summed E-state index contributed by atoms with van der Waals surface area (Å²) in [4.78, 5) is 0. The standard InChI is InChI=1S/C5H11NO.ClH/c6-5(3-7)4-1-2-4;/h4-5,7H,1-3,6H2;1H/t5-;/m1./s1. The third-order valence-corrected chi connectivity index (χ3v) is 1.44. The lowest BCUT2D eigenvalue weighted by Gasteiger charge is -2.01. The van der Waals surface area contributed by atoms with E-state index in [1.807, 2.05) is 0 Å². The van der Waals surface area contributed by atoms with Crippen LogP contribution in [0.2, 0.25) is 0 Å². The molecule has 1 fully saturated rings. The van der Waals surface area contributed by atoms with Gasteiger partial charge in [-0.05, 0) is 18.8 Å². The molecule has 0 amide bonds. The second kappa shape index (κ2) is 3.28. The maximum atomic E-state index is 8.42. The van der Waals surface area contributed by atoms with Crippen LogP contribution in [0.4, 0.5) is 0 Å². The minimum absolute atomic E-state index is 0.